The molecule has 0 bridgehead atoms. The zero-order chi connectivity index (χ0) is 14.7. The van der Waals surface area contributed by atoms with Crippen molar-refractivity contribution in [2.24, 2.45) is 5.73 Å². The van der Waals surface area contributed by atoms with Gasteiger partial charge in [-0.2, -0.15) is 0 Å². The minimum absolute atomic E-state index is 0.328. The predicted molar refractivity (Wildman–Crippen MR) is 73.4 cm³/mol. The Bertz CT molecular complexity index is 524. The first-order valence-electron chi connectivity index (χ1n) is 6.34. The van der Waals surface area contributed by atoms with Crippen LogP contribution in [-0.4, -0.2) is 40.9 Å². The van der Waals surface area contributed by atoms with E-state index in [0.717, 1.165) is 23.3 Å². The van der Waals surface area contributed by atoms with Crippen LogP contribution in [-0.2, 0) is 20.8 Å². The Hall–Kier alpha value is -1.89. The number of carbonyl (C=O) groups is 3. The maximum Gasteiger partial charge on any atom is 0.323 e. The van der Waals surface area contributed by atoms with Gasteiger partial charge in [-0.15, -0.1) is 11.3 Å². The fraction of sp³-hybridized carbons (Fsp3) is 0.462. The average molecular weight is 296 g/mol. The molecule has 7 heteroatoms. The second-order valence-corrected chi connectivity index (χ2v) is 5.80. The lowest BCUT2D eigenvalue weighted by atomic mass is 9.86. The summed E-state index contributed by atoms with van der Waals surface area (Å²) >= 11 is 1.61. The van der Waals surface area contributed by atoms with Crippen molar-refractivity contribution in [2.75, 3.05) is 13.1 Å². The van der Waals surface area contributed by atoms with E-state index in [0.29, 0.717) is 6.42 Å². The number of fused-ring (bicyclic) bond motifs is 1. The largest absolute Gasteiger partial charge is 0.480 e. The molecule has 0 fully saturated rings. The third-order valence-corrected chi connectivity index (χ3v) is 4.33. The Kier molecular flexibility index (Phi) is 4.39. The maximum atomic E-state index is 12.5. The van der Waals surface area contributed by atoms with E-state index in [4.69, 9.17) is 10.8 Å². The van der Waals surface area contributed by atoms with E-state index in [1.54, 1.807) is 11.3 Å². The predicted octanol–water partition coefficient (Wildman–Crippen LogP) is 0.566. The molecule has 1 aliphatic rings. The van der Waals surface area contributed by atoms with Crippen LogP contribution in [0.1, 0.15) is 29.2 Å². The van der Waals surface area contributed by atoms with Crippen molar-refractivity contribution in [3.63, 3.8) is 0 Å². The summed E-state index contributed by atoms with van der Waals surface area (Å²) < 4.78 is 0. The van der Waals surface area contributed by atoms with E-state index in [1.165, 1.54) is 4.88 Å². The monoisotopic (exact) mass is 296 g/mol. The zero-order valence-electron chi connectivity index (χ0n) is 10.9. The van der Waals surface area contributed by atoms with Gasteiger partial charge in [0.05, 0.1) is 12.5 Å². The highest BCUT2D eigenvalue weighted by atomic mass is 32.1. The van der Waals surface area contributed by atoms with Crippen LogP contribution in [0.3, 0.4) is 0 Å². The number of hydrogen-bond acceptors (Lipinski definition) is 4. The molecular formula is C13H16N2O4S. The fourth-order valence-electron chi connectivity index (χ4n) is 2.53. The highest BCUT2D eigenvalue weighted by Crippen LogP contribution is 2.36. The van der Waals surface area contributed by atoms with Crippen molar-refractivity contribution in [1.82, 2.24) is 4.90 Å². The van der Waals surface area contributed by atoms with Gasteiger partial charge in [0.25, 0.3) is 0 Å². The van der Waals surface area contributed by atoms with E-state index < -0.39 is 18.4 Å². The summed E-state index contributed by atoms with van der Waals surface area (Å²) in [6.07, 6.45) is 2.52. The number of amides is 2. The van der Waals surface area contributed by atoms with Crippen LogP contribution < -0.4 is 5.73 Å². The molecule has 3 N–H and O–H groups in total. The summed E-state index contributed by atoms with van der Waals surface area (Å²) in [5.74, 6) is -2.55. The molecular weight excluding hydrogens is 280 g/mol. The van der Waals surface area contributed by atoms with Crippen LogP contribution in [0, 0.1) is 0 Å². The molecule has 1 aromatic heterocycles. The highest BCUT2D eigenvalue weighted by molar-refractivity contribution is 7.10. The minimum Gasteiger partial charge on any atom is -0.480 e. The number of hydrogen-bond donors (Lipinski definition) is 2. The molecule has 0 saturated heterocycles. The molecule has 0 radical (unpaired) electrons. The number of aryl methyl sites for hydroxylation is 1. The summed E-state index contributed by atoms with van der Waals surface area (Å²) in [5.41, 5.74) is 6.05. The van der Waals surface area contributed by atoms with E-state index in [-0.39, 0.29) is 18.4 Å². The SMILES string of the molecule is NC(=O)CN(CC(=O)O)C(=O)C1CCCc2sccc21. The summed E-state index contributed by atoms with van der Waals surface area (Å²) in [6, 6.07) is 1.91. The van der Waals surface area contributed by atoms with Crippen molar-refractivity contribution in [3.05, 3.63) is 21.9 Å². The standard InChI is InChI=1S/C13H16N2O4S/c14-11(16)6-15(7-12(17)18)13(19)9-2-1-3-10-8(9)4-5-20-10/h4-5,9H,1-3,6-7H2,(H2,14,16)(H,17,18). The molecule has 0 aromatic carbocycles. The normalized spacial score (nSPS) is 17.3. The van der Waals surface area contributed by atoms with E-state index in [9.17, 15) is 14.4 Å². The van der Waals surface area contributed by atoms with Gasteiger partial charge in [-0.3, -0.25) is 14.4 Å². The van der Waals surface area contributed by atoms with Crippen LogP contribution in [0.4, 0.5) is 0 Å². The molecule has 1 aliphatic carbocycles. The lowest BCUT2D eigenvalue weighted by molar-refractivity contribution is -0.146. The van der Waals surface area contributed by atoms with Crippen LogP contribution in [0.25, 0.3) is 0 Å². The molecule has 0 aliphatic heterocycles. The van der Waals surface area contributed by atoms with E-state index in [1.807, 2.05) is 11.4 Å². The van der Waals surface area contributed by atoms with Crippen molar-refractivity contribution in [2.45, 2.75) is 25.2 Å². The van der Waals surface area contributed by atoms with Gasteiger partial charge in [0.1, 0.15) is 6.54 Å². The zero-order valence-corrected chi connectivity index (χ0v) is 11.7. The molecule has 1 heterocycles. The third kappa shape index (κ3) is 3.16. The molecule has 108 valence electrons. The Morgan fingerprint density at radius 1 is 1.40 bits per heavy atom. The van der Waals surface area contributed by atoms with Crippen molar-refractivity contribution >= 4 is 29.1 Å². The van der Waals surface area contributed by atoms with Crippen molar-refractivity contribution in [3.8, 4) is 0 Å². The van der Waals surface area contributed by atoms with Crippen LogP contribution >= 0.6 is 11.3 Å². The first kappa shape index (κ1) is 14.5. The molecule has 0 spiro atoms. The van der Waals surface area contributed by atoms with Gasteiger partial charge in [-0.25, -0.2) is 0 Å². The number of carboxylic acid groups (broad SMARTS) is 1. The van der Waals surface area contributed by atoms with Crippen molar-refractivity contribution in [1.29, 1.82) is 0 Å². The van der Waals surface area contributed by atoms with E-state index in [2.05, 4.69) is 0 Å². The molecule has 1 atom stereocenters. The third-order valence-electron chi connectivity index (χ3n) is 3.33. The second kappa shape index (κ2) is 6.04. The van der Waals surface area contributed by atoms with Gasteiger partial charge in [0, 0.05) is 4.88 Å². The first-order valence-corrected chi connectivity index (χ1v) is 7.22. The van der Waals surface area contributed by atoms with Crippen LogP contribution in [0.2, 0.25) is 0 Å². The lowest BCUT2D eigenvalue weighted by Gasteiger charge is -2.27. The molecule has 0 saturated carbocycles. The van der Waals surface area contributed by atoms with Gasteiger partial charge >= 0.3 is 5.97 Å². The Balaban J connectivity index is 2.20. The number of rotatable bonds is 5. The Morgan fingerprint density at radius 3 is 2.80 bits per heavy atom. The van der Waals surface area contributed by atoms with Crippen molar-refractivity contribution < 1.29 is 19.5 Å². The lowest BCUT2D eigenvalue weighted by Crippen LogP contribution is -2.44. The van der Waals surface area contributed by atoms with E-state index >= 15 is 0 Å². The van der Waals surface area contributed by atoms with Gasteiger partial charge in [0.15, 0.2) is 0 Å². The number of aliphatic carboxylic acids is 1. The molecule has 1 aromatic rings. The van der Waals surface area contributed by atoms with Gasteiger partial charge in [0.2, 0.25) is 11.8 Å². The number of primary amides is 1. The Morgan fingerprint density at radius 2 is 2.15 bits per heavy atom. The second-order valence-electron chi connectivity index (χ2n) is 4.80. The summed E-state index contributed by atoms with van der Waals surface area (Å²) in [5, 5.41) is 10.8. The first-order chi connectivity index (χ1) is 9.49. The molecule has 6 nitrogen and oxygen atoms in total. The summed E-state index contributed by atoms with van der Waals surface area (Å²) in [4.78, 5) is 36.5. The summed E-state index contributed by atoms with van der Waals surface area (Å²) in [6.45, 7) is -0.862. The maximum absolute atomic E-state index is 12.5. The van der Waals surface area contributed by atoms with Gasteiger partial charge in [-0.1, -0.05) is 0 Å². The molecule has 20 heavy (non-hydrogen) atoms. The summed E-state index contributed by atoms with van der Waals surface area (Å²) in [7, 11) is 0. The quantitative estimate of drug-likeness (QED) is 0.829. The van der Waals surface area contributed by atoms with Gasteiger partial charge in [-0.05, 0) is 36.3 Å². The number of nitrogens with zero attached hydrogens (tertiary/aromatic N) is 1. The molecule has 1 unspecified atom stereocenters. The number of nitrogens with two attached hydrogens (primary N) is 1. The number of carbonyl (C=O) groups excluding carboxylic acids is 2. The number of carboxylic acids is 1. The minimum atomic E-state index is -1.15. The van der Waals surface area contributed by atoms with Crippen LogP contribution in [0.5, 0.6) is 0 Å². The Labute approximate surface area is 120 Å². The average Bonchev–Trinajstić information content (AvgIpc) is 2.83. The fourth-order valence-corrected chi connectivity index (χ4v) is 3.51. The number of thiophene rings is 1. The molecule has 2 amide bonds. The highest BCUT2D eigenvalue weighted by Gasteiger charge is 2.32. The van der Waals surface area contributed by atoms with Crippen LogP contribution in [0.15, 0.2) is 11.4 Å². The van der Waals surface area contributed by atoms with Gasteiger partial charge < -0.3 is 15.7 Å². The topological polar surface area (TPSA) is 101 Å². The molecule has 2 rings (SSSR count). The smallest absolute Gasteiger partial charge is 0.323 e.